The number of fused-ring (bicyclic) bond motifs is 3. The fourth-order valence-corrected chi connectivity index (χ4v) is 5.72. The molecule has 162 valence electrons. The largest absolute Gasteiger partial charge is 0.497 e. The van der Waals surface area contributed by atoms with E-state index in [4.69, 9.17) is 9.73 Å². The van der Waals surface area contributed by atoms with Gasteiger partial charge in [0.15, 0.2) is 4.80 Å². The van der Waals surface area contributed by atoms with Crippen LogP contribution in [0, 0.1) is 0 Å². The van der Waals surface area contributed by atoms with Crippen LogP contribution in [0.5, 0.6) is 5.75 Å². The highest BCUT2D eigenvalue weighted by Gasteiger charge is 2.32. The summed E-state index contributed by atoms with van der Waals surface area (Å²) in [5.74, 6) is 0.798. The lowest BCUT2D eigenvalue weighted by atomic mass is 9.83. The van der Waals surface area contributed by atoms with Crippen molar-refractivity contribution in [1.29, 1.82) is 0 Å². The highest BCUT2D eigenvalue weighted by molar-refractivity contribution is 7.07. The molecule has 0 spiro atoms. The van der Waals surface area contributed by atoms with E-state index >= 15 is 0 Å². The van der Waals surface area contributed by atoms with Crippen LogP contribution < -0.4 is 19.6 Å². The van der Waals surface area contributed by atoms with E-state index in [2.05, 4.69) is 41.4 Å². The molecule has 1 aliphatic carbocycles. The number of pyridine rings is 1. The summed E-state index contributed by atoms with van der Waals surface area (Å²) in [6.07, 6.45) is 7.21. The normalized spacial score (nSPS) is 17.1. The van der Waals surface area contributed by atoms with Gasteiger partial charge in [-0.25, -0.2) is 4.99 Å². The van der Waals surface area contributed by atoms with Gasteiger partial charge in [0.2, 0.25) is 0 Å². The Morgan fingerprint density at radius 1 is 1.03 bits per heavy atom. The minimum absolute atomic E-state index is 0.0122. The molecule has 2 aromatic carbocycles. The number of aromatic nitrogens is 2. The van der Waals surface area contributed by atoms with Gasteiger partial charge in [-0.15, -0.1) is 0 Å². The van der Waals surface area contributed by atoms with E-state index in [-0.39, 0.29) is 11.6 Å². The molecule has 6 heteroatoms. The molecule has 0 bridgehead atoms. The Labute approximate surface area is 194 Å². The summed E-state index contributed by atoms with van der Waals surface area (Å²) in [5, 5.41) is 0. The first-order valence-electron chi connectivity index (χ1n) is 10.9. The Kier molecular flexibility index (Phi) is 4.80. The topological polar surface area (TPSA) is 56.5 Å². The van der Waals surface area contributed by atoms with Gasteiger partial charge in [-0.05, 0) is 65.4 Å². The predicted molar refractivity (Wildman–Crippen MR) is 130 cm³/mol. The molecule has 0 unspecified atom stereocenters. The molecule has 4 aromatic rings. The van der Waals surface area contributed by atoms with Gasteiger partial charge in [0.1, 0.15) is 5.75 Å². The van der Waals surface area contributed by atoms with Gasteiger partial charge in [-0.3, -0.25) is 14.3 Å². The first-order chi connectivity index (χ1) is 16.2. The zero-order valence-corrected chi connectivity index (χ0v) is 18.9. The molecule has 1 aliphatic heterocycles. The van der Waals surface area contributed by atoms with Crippen LogP contribution in [0.1, 0.15) is 34.7 Å². The van der Waals surface area contributed by atoms with E-state index in [1.54, 1.807) is 19.5 Å². The fraction of sp³-hybridized carbons (Fsp3) is 0.148. The average molecular weight is 452 g/mol. The highest BCUT2D eigenvalue weighted by atomic mass is 32.1. The third kappa shape index (κ3) is 3.34. The molecular weight excluding hydrogens is 430 g/mol. The molecule has 0 N–H and O–H groups in total. The summed E-state index contributed by atoms with van der Waals surface area (Å²) in [6.45, 7) is 0. The number of hydrogen-bond acceptors (Lipinski definition) is 5. The predicted octanol–water partition coefficient (Wildman–Crippen LogP) is 3.72. The molecule has 0 amide bonds. The van der Waals surface area contributed by atoms with E-state index in [0.717, 1.165) is 40.2 Å². The zero-order valence-electron chi connectivity index (χ0n) is 18.1. The molecule has 5 nitrogen and oxygen atoms in total. The number of benzene rings is 2. The monoisotopic (exact) mass is 451 g/mol. The Morgan fingerprint density at radius 2 is 1.82 bits per heavy atom. The molecule has 1 atom stereocenters. The molecule has 0 fully saturated rings. The van der Waals surface area contributed by atoms with Gasteiger partial charge >= 0.3 is 0 Å². The molecule has 0 saturated carbocycles. The second-order valence-electron chi connectivity index (χ2n) is 8.17. The Morgan fingerprint density at radius 3 is 2.61 bits per heavy atom. The molecular formula is C27H21N3O2S. The van der Waals surface area contributed by atoms with Crippen LogP contribution in [0.4, 0.5) is 0 Å². The Balaban J connectivity index is 1.62. The Bertz CT molecular complexity index is 1560. The number of rotatable bonds is 3. The number of aryl methyl sites for hydroxylation is 1. The molecule has 6 rings (SSSR count). The van der Waals surface area contributed by atoms with Crippen LogP contribution in [0.2, 0.25) is 0 Å². The summed E-state index contributed by atoms with van der Waals surface area (Å²) in [4.78, 5) is 23.5. The number of methoxy groups -OCH3 is 1. The minimum atomic E-state index is -0.185. The second-order valence-corrected chi connectivity index (χ2v) is 9.18. The van der Waals surface area contributed by atoms with Crippen LogP contribution in [-0.4, -0.2) is 16.7 Å². The minimum Gasteiger partial charge on any atom is -0.497 e. The van der Waals surface area contributed by atoms with Gasteiger partial charge in [0, 0.05) is 18.0 Å². The Hall–Kier alpha value is -3.77. The standard InChI is InChI=1S/C27H21N3O2S/c1-32-20-9-6-19(7-10-20)25-22-11-8-18-4-2-3-5-21(18)24(22)29-27-30(25)26(31)23(33-27)16-17-12-14-28-15-13-17/h2-7,9-10,12-16,25H,8,11H2,1H3/b23-16-/t25-/m1/s1. The van der Waals surface area contributed by atoms with Crippen LogP contribution in [0.25, 0.3) is 11.8 Å². The molecule has 0 saturated heterocycles. The van der Waals surface area contributed by atoms with E-state index in [9.17, 15) is 4.79 Å². The van der Waals surface area contributed by atoms with Crippen molar-refractivity contribution >= 4 is 23.1 Å². The maximum Gasteiger partial charge on any atom is 0.271 e. The number of allylic oxidation sites excluding steroid dienone is 1. The maximum absolute atomic E-state index is 13.7. The number of nitrogens with zero attached hydrogens (tertiary/aromatic N) is 3. The van der Waals surface area contributed by atoms with Crippen molar-refractivity contribution in [2.75, 3.05) is 7.11 Å². The molecule has 2 aromatic heterocycles. The number of ether oxygens (including phenoxy) is 1. The summed E-state index contributed by atoms with van der Waals surface area (Å²) < 4.78 is 7.91. The lowest BCUT2D eigenvalue weighted by Crippen LogP contribution is -2.38. The van der Waals surface area contributed by atoms with Crippen LogP contribution in [0.3, 0.4) is 0 Å². The average Bonchev–Trinajstić information content (AvgIpc) is 3.18. The maximum atomic E-state index is 13.7. The SMILES string of the molecule is COc1ccc([C@@H]2C3=C(N=c4s/c(=C\c5ccncc5)c(=O)n42)c2ccccc2CC3)cc1. The van der Waals surface area contributed by atoms with Gasteiger partial charge < -0.3 is 4.74 Å². The smallest absolute Gasteiger partial charge is 0.271 e. The molecule has 3 heterocycles. The van der Waals surface area contributed by atoms with Crippen molar-refractivity contribution in [2.45, 2.75) is 18.9 Å². The summed E-state index contributed by atoms with van der Waals surface area (Å²) in [6, 6.07) is 20.1. The van der Waals surface area contributed by atoms with Crippen molar-refractivity contribution in [2.24, 2.45) is 4.99 Å². The summed E-state index contributed by atoms with van der Waals surface area (Å²) in [7, 11) is 1.66. The molecule has 2 aliphatic rings. The van der Waals surface area contributed by atoms with Crippen molar-refractivity contribution < 1.29 is 4.74 Å². The summed E-state index contributed by atoms with van der Waals surface area (Å²) in [5.41, 5.74) is 6.69. The second kappa shape index (κ2) is 7.98. The lowest BCUT2D eigenvalue weighted by Gasteiger charge is -2.30. The van der Waals surface area contributed by atoms with E-state index in [1.807, 2.05) is 34.9 Å². The number of thiazole rings is 1. The van der Waals surface area contributed by atoms with Crippen LogP contribution >= 0.6 is 11.3 Å². The van der Waals surface area contributed by atoms with E-state index in [1.165, 1.54) is 28.0 Å². The first-order valence-corrected chi connectivity index (χ1v) is 11.7. The lowest BCUT2D eigenvalue weighted by molar-refractivity contribution is 0.414. The number of hydrogen-bond donors (Lipinski definition) is 0. The zero-order chi connectivity index (χ0) is 22.4. The third-order valence-electron chi connectivity index (χ3n) is 6.31. The van der Waals surface area contributed by atoms with Crippen LogP contribution in [0.15, 0.2) is 88.4 Å². The van der Waals surface area contributed by atoms with Gasteiger partial charge in [-0.1, -0.05) is 47.7 Å². The molecule has 0 radical (unpaired) electrons. The van der Waals surface area contributed by atoms with Gasteiger partial charge in [-0.2, -0.15) is 0 Å². The first kappa shape index (κ1) is 19.9. The quantitative estimate of drug-likeness (QED) is 0.477. The summed E-state index contributed by atoms with van der Waals surface area (Å²) >= 11 is 1.44. The third-order valence-corrected chi connectivity index (χ3v) is 7.29. The van der Waals surface area contributed by atoms with Crippen molar-refractivity contribution in [1.82, 2.24) is 9.55 Å². The van der Waals surface area contributed by atoms with Gasteiger partial charge in [0.05, 0.1) is 23.4 Å². The fourth-order valence-electron chi connectivity index (χ4n) is 4.72. The van der Waals surface area contributed by atoms with Crippen molar-refractivity contribution in [3.8, 4) is 5.75 Å². The van der Waals surface area contributed by atoms with Crippen molar-refractivity contribution in [3.63, 3.8) is 0 Å². The highest BCUT2D eigenvalue weighted by Crippen LogP contribution is 2.41. The molecule has 33 heavy (non-hydrogen) atoms. The van der Waals surface area contributed by atoms with E-state index in [0.29, 0.717) is 4.53 Å². The van der Waals surface area contributed by atoms with Crippen LogP contribution in [-0.2, 0) is 6.42 Å². The van der Waals surface area contributed by atoms with E-state index < -0.39 is 0 Å². The van der Waals surface area contributed by atoms with Crippen molar-refractivity contribution in [3.05, 3.63) is 121 Å². The van der Waals surface area contributed by atoms with Gasteiger partial charge in [0.25, 0.3) is 5.56 Å².